The van der Waals surface area contributed by atoms with Crippen molar-refractivity contribution in [3.63, 3.8) is 0 Å². The Labute approximate surface area is 127 Å². The number of carbonyl (C=O) groups excluding carboxylic acids is 1. The minimum atomic E-state index is -0.0112. The second-order valence-corrected chi connectivity index (χ2v) is 6.34. The molecule has 1 unspecified atom stereocenters. The van der Waals surface area contributed by atoms with Gasteiger partial charge in [0.15, 0.2) is 0 Å². The van der Waals surface area contributed by atoms with E-state index in [0.29, 0.717) is 24.1 Å². The number of nitrogens with two attached hydrogens (primary N) is 1. The van der Waals surface area contributed by atoms with Crippen LogP contribution in [0.25, 0.3) is 0 Å². The van der Waals surface area contributed by atoms with Gasteiger partial charge in [-0.25, -0.2) is 0 Å². The molecule has 116 valence electrons. The van der Waals surface area contributed by atoms with Gasteiger partial charge in [-0.3, -0.25) is 9.69 Å². The van der Waals surface area contributed by atoms with Crippen LogP contribution in [-0.2, 0) is 0 Å². The van der Waals surface area contributed by atoms with Crippen LogP contribution in [-0.4, -0.2) is 36.5 Å². The topological polar surface area (TPSA) is 58.4 Å². The molecule has 21 heavy (non-hydrogen) atoms. The maximum absolute atomic E-state index is 12.3. The van der Waals surface area contributed by atoms with Gasteiger partial charge < -0.3 is 11.1 Å². The van der Waals surface area contributed by atoms with E-state index < -0.39 is 0 Å². The molecule has 1 amide bonds. The number of hydrogen-bond donors (Lipinski definition) is 2. The van der Waals surface area contributed by atoms with Crippen LogP contribution in [0.3, 0.4) is 0 Å². The number of amides is 1. The Morgan fingerprint density at radius 1 is 1.33 bits per heavy atom. The van der Waals surface area contributed by atoms with Gasteiger partial charge in [0.1, 0.15) is 0 Å². The van der Waals surface area contributed by atoms with Crippen LogP contribution < -0.4 is 11.1 Å². The molecule has 0 aromatic heterocycles. The van der Waals surface area contributed by atoms with E-state index in [9.17, 15) is 4.79 Å². The molecule has 3 N–H and O–H groups in total. The van der Waals surface area contributed by atoms with Crippen LogP contribution >= 0.6 is 0 Å². The Bertz CT molecular complexity index is 493. The third kappa shape index (κ3) is 3.97. The number of anilines is 1. The van der Waals surface area contributed by atoms with E-state index in [4.69, 9.17) is 5.73 Å². The average Bonchev–Trinajstić information content (AvgIpc) is 2.95. The number of carbonyl (C=O) groups is 1. The summed E-state index contributed by atoms with van der Waals surface area (Å²) in [6, 6.07) is 5.86. The summed E-state index contributed by atoms with van der Waals surface area (Å²) in [5, 5.41) is 3.08. The normalized spacial score (nSPS) is 17.1. The fourth-order valence-electron chi connectivity index (χ4n) is 2.98. The van der Waals surface area contributed by atoms with E-state index in [-0.39, 0.29) is 5.91 Å². The van der Waals surface area contributed by atoms with Gasteiger partial charge in [-0.15, -0.1) is 0 Å². The first kappa shape index (κ1) is 15.8. The highest BCUT2D eigenvalue weighted by Gasteiger charge is 2.25. The number of nitrogen functional groups attached to an aromatic ring is 1. The maximum atomic E-state index is 12.3. The maximum Gasteiger partial charge on any atom is 0.251 e. The quantitative estimate of drug-likeness (QED) is 0.819. The molecule has 0 aliphatic carbocycles. The fourth-order valence-corrected chi connectivity index (χ4v) is 2.98. The van der Waals surface area contributed by atoms with Crippen LogP contribution in [0.4, 0.5) is 5.69 Å². The van der Waals surface area contributed by atoms with Gasteiger partial charge in [0.05, 0.1) is 0 Å². The largest absolute Gasteiger partial charge is 0.399 e. The summed E-state index contributed by atoms with van der Waals surface area (Å²) in [4.78, 5) is 14.8. The number of hydrogen-bond acceptors (Lipinski definition) is 3. The lowest BCUT2D eigenvalue weighted by Gasteiger charge is -2.31. The van der Waals surface area contributed by atoms with Gasteiger partial charge in [-0.05, 0) is 62.5 Å². The molecule has 0 spiro atoms. The Morgan fingerprint density at radius 3 is 2.57 bits per heavy atom. The molecule has 1 saturated heterocycles. The first-order valence-corrected chi connectivity index (χ1v) is 7.87. The second kappa shape index (κ2) is 6.94. The summed E-state index contributed by atoms with van der Waals surface area (Å²) >= 11 is 0. The number of nitrogens with zero attached hydrogens (tertiary/aromatic N) is 1. The van der Waals surface area contributed by atoms with Crippen molar-refractivity contribution in [3.8, 4) is 0 Å². The predicted octanol–water partition coefficient (Wildman–Crippen LogP) is 2.43. The molecule has 1 aromatic carbocycles. The first-order valence-electron chi connectivity index (χ1n) is 7.87. The zero-order valence-electron chi connectivity index (χ0n) is 13.4. The van der Waals surface area contributed by atoms with Crippen molar-refractivity contribution in [2.75, 3.05) is 25.4 Å². The van der Waals surface area contributed by atoms with Crippen LogP contribution in [0.2, 0.25) is 0 Å². The first-order chi connectivity index (χ1) is 9.99. The van der Waals surface area contributed by atoms with Gasteiger partial charge in [-0.2, -0.15) is 0 Å². The van der Waals surface area contributed by atoms with Gasteiger partial charge in [0.25, 0.3) is 5.91 Å². The number of nitrogens with one attached hydrogen (secondary N) is 1. The second-order valence-electron chi connectivity index (χ2n) is 6.34. The van der Waals surface area contributed by atoms with E-state index in [0.717, 1.165) is 24.3 Å². The molecule has 0 saturated carbocycles. The Morgan fingerprint density at radius 2 is 2.00 bits per heavy atom. The zero-order chi connectivity index (χ0) is 15.4. The molecule has 1 aliphatic rings. The molecule has 1 fully saturated rings. The highest BCUT2D eigenvalue weighted by Crippen LogP contribution is 2.17. The molecule has 1 aliphatic heterocycles. The van der Waals surface area contributed by atoms with Crippen molar-refractivity contribution in [3.05, 3.63) is 29.3 Å². The summed E-state index contributed by atoms with van der Waals surface area (Å²) in [5.41, 5.74) is 8.15. The third-order valence-corrected chi connectivity index (χ3v) is 4.38. The Hall–Kier alpha value is -1.55. The summed E-state index contributed by atoms with van der Waals surface area (Å²) in [5.74, 6) is 0.527. The standard InChI is InChI=1S/C17H27N3O/c1-12(2)16(20-8-4-5-9-20)11-19-17(21)14-6-7-15(18)13(3)10-14/h6-7,10,12,16H,4-5,8-9,11,18H2,1-3H3,(H,19,21). The van der Waals surface area contributed by atoms with E-state index in [1.165, 1.54) is 12.8 Å². The van der Waals surface area contributed by atoms with Crippen LogP contribution in [0.5, 0.6) is 0 Å². The van der Waals surface area contributed by atoms with E-state index in [1.807, 2.05) is 13.0 Å². The van der Waals surface area contributed by atoms with Crippen LogP contribution in [0.15, 0.2) is 18.2 Å². The Balaban J connectivity index is 1.96. The monoisotopic (exact) mass is 289 g/mol. The molecule has 1 heterocycles. The molecule has 1 atom stereocenters. The number of likely N-dealkylation sites (tertiary alicyclic amines) is 1. The summed E-state index contributed by atoms with van der Waals surface area (Å²) < 4.78 is 0. The summed E-state index contributed by atoms with van der Waals surface area (Å²) in [7, 11) is 0. The van der Waals surface area contributed by atoms with Crippen molar-refractivity contribution in [1.82, 2.24) is 10.2 Å². The lowest BCUT2D eigenvalue weighted by molar-refractivity contribution is 0.0927. The molecule has 0 bridgehead atoms. The molecule has 2 rings (SSSR count). The van der Waals surface area contributed by atoms with Crippen LogP contribution in [0, 0.1) is 12.8 Å². The predicted molar refractivity (Wildman–Crippen MR) is 87.4 cm³/mol. The van der Waals surface area contributed by atoms with Crippen molar-refractivity contribution in [1.29, 1.82) is 0 Å². The molecule has 4 nitrogen and oxygen atoms in total. The highest BCUT2D eigenvalue weighted by atomic mass is 16.1. The number of rotatable bonds is 5. The average molecular weight is 289 g/mol. The van der Waals surface area contributed by atoms with E-state index in [1.54, 1.807) is 12.1 Å². The van der Waals surface area contributed by atoms with Gasteiger partial charge in [0, 0.05) is 23.8 Å². The van der Waals surface area contributed by atoms with Crippen molar-refractivity contribution in [2.24, 2.45) is 5.92 Å². The van der Waals surface area contributed by atoms with Gasteiger partial charge in [-0.1, -0.05) is 13.8 Å². The SMILES string of the molecule is Cc1cc(C(=O)NCC(C(C)C)N2CCCC2)ccc1N. The summed E-state index contributed by atoms with van der Waals surface area (Å²) in [6.45, 7) is 9.39. The number of aryl methyl sites for hydroxylation is 1. The van der Waals surface area contributed by atoms with Crippen molar-refractivity contribution >= 4 is 11.6 Å². The highest BCUT2D eigenvalue weighted by molar-refractivity contribution is 5.94. The lowest BCUT2D eigenvalue weighted by Crippen LogP contribution is -2.45. The molecular formula is C17H27N3O. The van der Waals surface area contributed by atoms with Gasteiger partial charge >= 0.3 is 0 Å². The number of benzene rings is 1. The smallest absolute Gasteiger partial charge is 0.251 e. The zero-order valence-corrected chi connectivity index (χ0v) is 13.4. The fraction of sp³-hybridized carbons (Fsp3) is 0.588. The lowest BCUT2D eigenvalue weighted by atomic mass is 10.0. The summed E-state index contributed by atoms with van der Waals surface area (Å²) in [6.07, 6.45) is 2.54. The molecular weight excluding hydrogens is 262 g/mol. The van der Waals surface area contributed by atoms with Gasteiger partial charge in [0.2, 0.25) is 0 Å². The van der Waals surface area contributed by atoms with Crippen molar-refractivity contribution < 1.29 is 4.79 Å². The molecule has 0 radical (unpaired) electrons. The molecule has 1 aromatic rings. The minimum Gasteiger partial charge on any atom is -0.399 e. The van der Waals surface area contributed by atoms with E-state index >= 15 is 0 Å². The van der Waals surface area contributed by atoms with Crippen molar-refractivity contribution in [2.45, 2.75) is 39.7 Å². The van der Waals surface area contributed by atoms with Crippen LogP contribution in [0.1, 0.15) is 42.6 Å². The van der Waals surface area contributed by atoms with E-state index in [2.05, 4.69) is 24.1 Å². The third-order valence-electron chi connectivity index (χ3n) is 4.38. The molecule has 4 heteroatoms. The minimum absolute atomic E-state index is 0.0112. The Kier molecular flexibility index (Phi) is 5.23.